The van der Waals surface area contributed by atoms with Crippen molar-refractivity contribution < 1.29 is 9.18 Å². The van der Waals surface area contributed by atoms with E-state index in [1.807, 2.05) is 32.0 Å². The topological polar surface area (TPSA) is 71.0 Å². The predicted octanol–water partition coefficient (Wildman–Crippen LogP) is 5.04. The van der Waals surface area contributed by atoms with E-state index in [4.69, 9.17) is 11.6 Å². The monoisotopic (exact) mass is 439 g/mol. The second kappa shape index (κ2) is 8.98. The Balaban J connectivity index is 1.54. The number of hydrogen-bond donors (Lipinski definition) is 1. The van der Waals surface area contributed by atoms with Gasteiger partial charge in [0.25, 0.3) is 5.91 Å². The van der Waals surface area contributed by atoms with Crippen LogP contribution in [0.15, 0.2) is 42.6 Å². The minimum absolute atomic E-state index is 0.0737. The molecule has 1 N–H and O–H groups in total. The van der Waals surface area contributed by atoms with Crippen molar-refractivity contribution in [2.45, 2.75) is 32.6 Å². The van der Waals surface area contributed by atoms with Crippen molar-refractivity contribution in [2.24, 2.45) is 0 Å². The van der Waals surface area contributed by atoms with Crippen LogP contribution in [0.5, 0.6) is 0 Å². The first-order chi connectivity index (χ1) is 14.9. The summed E-state index contributed by atoms with van der Waals surface area (Å²) < 4.78 is 13.4. The van der Waals surface area contributed by atoms with E-state index >= 15 is 0 Å². The maximum absolute atomic E-state index is 13.4. The fourth-order valence-electron chi connectivity index (χ4n) is 3.84. The van der Waals surface area contributed by atoms with Gasteiger partial charge in [0.2, 0.25) is 0 Å². The molecule has 8 heteroatoms. The van der Waals surface area contributed by atoms with Crippen molar-refractivity contribution in [1.29, 1.82) is 0 Å². The molecule has 1 aliphatic rings. The van der Waals surface area contributed by atoms with Crippen molar-refractivity contribution >= 4 is 29.1 Å². The molecule has 160 valence electrons. The molecular formula is C23H23ClFN5O. The number of nitrogens with one attached hydrogen (secondary N) is 1. The SMILES string of the molecule is Cc1ccnc(Nc2cc(C3CCCN(C(=O)c4ccc(F)cc4Cl)C3)nc(C)n2)c1. The van der Waals surface area contributed by atoms with Crippen LogP contribution >= 0.6 is 11.6 Å². The van der Waals surface area contributed by atoms with Gasteiger partial charge in [0.05, 0.1) is 16.3 Å². The second-order valence-corrected chi connectivity index (χ2v) is 8.19. The highest BCUT2D eigenvalue weighted by atomic mass is 35.5. The van der Waals surface area contributed by atoms with Gasteiger partial charge < -0.3 is 10.2 Å². The number of hydrogen-bond acceptors (Lipinski definition) is 5. The number of benzene rings is 1. The van der Waals surface area contributed by atoms with Gasteiger partial charge in [0, 0.05) is 31.3 Å². The van der Waals surface area contributed by atoms with Crippen molar-refractivity contribution in [1.82, 2.24) is 19.9 Å². The Bertz CT molecular complexity index is 1120. The standard InChI is InChI=1S/C23H23ClFN5O/c1-14-7-8-26-21(10-14)29-22-12-20(27-15(2)28-22)16-4-3-9-30(13-16)23(31)18-6-5-17(25)11-19(18)24/h5-8,10-12,16H,3-4,9,13H2,1-2H3,(H,26,27,28,29). The van der Waals surface area contributed by atoms with E-state index in [1.165, 1.54) is 18.2 Å². The number of rotatable bonds is 4. The van der Waals surface area contributed by atoms with E-state index in [0.29, 0.717) is 30.3 Å². The lowest BCUT2D eigenvalue weighted by molar-refractivity contribution is 0.0706. The minimum Gasteiger partial charge on any atom is -0.338 e. The number of nitrogens with zero attached hydrogens (tertiary/aromatic N) is 4. The zero-order chi connectivity index (χ0) is 22.0. The first-order valence-electron chi connectivity index (χ1n) is 10.2. The smallest absolute Gasteiger partial charge is 0.255 e. The highest BCUT2D eigenvalue weighted by Crippen LogP contribution is 2.29. The number of amides is 1. The molecule has 2 aromatic heterocycles. The Kier molecular flexibility index (Phi) is 6.13. The molecule has 1 unspecified atom stereocenters. The number of pyridine rings is 1. The molecule has 1 amide bonds. The van der Waals surface area contributed by atoms with E-state index in [9.17, 15) is 9.18 Å². The van der Waals surface area contributed by atoms with Crippen molar-refractivity contribution in [2.75, 3.05) is 18.4 Å². The Morgan fingerprint density at radius 2 is 2.00 bits per heavy atom. The molecule has 0 radical (unpaired) electrons. The van der Waals surface area contributed by atoms with Crippen LogP contribution in [0.3, 0.4) is 0 Å². The Morgan fingerprint density at radius 3 is 2.77 bits per heavy atom. The van der Waals surface area contributed by atoms with E-state index in [0.717, 1.165) is 29.9 Å². The lowest BCUT2D eigenvalue weighted by atomic mass is 9.93. The number of halogens is 2. The third-order valence-corrected chi connectivity index (χ3v) is 5.63. The van der Waals surface area contributed by atoms with Crippen LogP contribution in [0.4, 0.5) is 16.0 Å². The van der Waals surface area contributed by atoms with Gasteiger partial charge in [-0.3, -0.25) is 4.79 Å². The van der Waals surface area contributed by atoms with Gasteiger partial charge in [-0.1, -0.05) is 11.6 Å². The molecule has 6 nitrogen and oxygen atoms in total. The van der Waals surface area contributed by atoms with Crippen molar-refractivity contribution in [3.63, 3.8) is 0 Å². The summed E-state index contributed by atoms with van der Waals surface area (Å²) in [7, 11) is 0. The summed E-state index contributed by atoms with van der Waals surface area (Å²) in [5, 5.41) is 3.37. The molecule has 1 saturated heterocycles. The van der Waals surface area contributed by atoms with Gasteiger partial charge in [0.1, 0.15) is 23.3 Å². The lowest BCUT2D eigenvalue weighted by Gasteiger charge is -2.33. The number of aryl methyl sites for hydroxylation is 2. The predicted molar refractivity (Wildman–Crippen MR) is 118 cm³/mol. The summed E-state index contributed by atoms with van der Waals surface area (Å²) in [4.78, 5) is 28.2. The van der Waals surface area contributed by atoms with E-state index in [-0.39, 0.29) is 16.8 Å². The van der Waals surface area contributed by atoms with E-state index in [2.05, 4.69) is 20.3 Å². The zero-order valence-electron chi connectivity index (χ0n) is 17.4. The Labute approximate surface area is 185 Å². The normalized spacial score (nSPS) is 16.3. The van der Waals surface area contributed by atoms with Crippen molar-refractivity contribution in [3.8, 4) is 0 Å². The molecule has 1 atom stereocenters. The lowest BCUT2D eigenvalue weighted by Crippen LogP contribution is -2.39. The van der Waals surface area contributed by atoms with Crippen LogP contribution in [-0.2, 0) is 0 Å². The van der Waals surface area contributed by atoms with Gasteiger partial charge >= 0.3 is 0 Å². The third kappa shape index (κ3) is 4.99. The molecule has 4 rings (SSSR count). The Hall–Kier alpha value is -3.06. The van der Waals surface area contributed by atoms with Gasteiger partial charge in [-0.15, -0.1) is 0 Å². The van der Waals surface area contributed by atoms with E-state index in [1.54, 1.807) is 11.1 Å². The quantitative estimate of drug-likeness (QED) is 0.616. The zero-order valence-corrected chi connectivity index (χ0v) is 18.2. The van der Waals surface area contributed by atoms with Crippen LogP contribution in [0.25, 0.3) is 0 Å². The molecule has 0 spiro atoms. The summed E-state index contributed by atoms with van der Waals surface area (Å²) in [6.07, 6.45) is 3.51. The second-order valence-electron chi connectivity index (χ2n) is 7.78. The molecule has 3 heterocycles. The molecule has 3 aromatic rings. The van der Waals surface area contributed by atoms with Crippen LogP contribution in [0, 0.1) is 19.7 Å². The summed E-state index contributed by atoms with van der Waals surface area (Å²) in [6, 6.07) is 9.66. The van der Waals surface area contributed by atoms with Gasteiger partial charge in [-0.05, 0) is 62.6 Å². The van der Waals surface area contributed by atoms with Gasteiger partial charge in [-0.2, -0.15) is 0 Å². The maximum Gasteiger partial charge on any atom is 0.255 e. The molecule has 1 aromatic carbocycles. The first-order valence-corrected chi connectivity index (χ1v) is 10.6. The van der Waals surface area contributed by atoms with Crippen molar-refractivity contribution in [3.05, 3.63) is 76.1 Å². The number of piperidine rings is 1. The third-order valence-electron chi connectivity index (χ3n) is 5.32. The minimum atomic E-state index is -0.460. The number of carbonyl (C=O) groups excluding carboxylic acids is 1. The molecule has 0 bridgehead atoms. The number of anilines is 2. The van der Waals surface area contributed by atoms with E-state index < -0.39 is 5.82 Å². The highest BCUT2D eigenvalue weighted by molar-refractivity contribution is 6.33. The summed E-state index contributed by atoms with van der Waals surface area (Å²) >= 11 is 6.10. The number of likely N-dealkylation sites (tertiary alicyclic amines) is 1. The van der Waals surface area contributed by atoms with Crippen LogP contribution in [0.1, 0.15) is 46.2 Å². The molecular weight excluding hydrogens is 417 g/mol. The average molecular weight is 440 g/mol. The maximum atomic E-state index is 13.4. The molecule has 0 aliphatic carbocycles. The molecule has 31 heavy (non-hydrogen) atoms. The number of aromatic nitrogens is 3. The highest BCUT2D eigenvalue weighted by Gasteiger charge is 2.28. The first kappa shape index (κ1) is 21.2. The van der Waals surface area contributed by atoms with Gasteiger partial charge in [-0.25, -0.2) is 19.3 Å². The molecule has 1 fully saturated rings. The van der Waals surface area contributed by atoms with Crippen LogP contribution in [0.2, 0.25) is 5.02 Å². The number of carbonyl (C=O) groups is 1. The summed E-state index contributed by atoms with van der Waals surface area (Å²) in [6.45, 7) is 5.00. The average Bonchev–Trinajstić information content (AvgIpc) is 2.73. The fourth-order valence-corrected chi connectivity index (χ4v) is 4.08. The summed E-state index contributed by atoms with van der Waals surface area (Å²) in [5.41, 5.74) is 2.30. The van der Waals surface area contributed by atoms with Crippen LogP contribution in [-0.4, -0.2) is 38.8 Å². The summed E-state index contributed by atoms with van der Waals surface area (Å²) in [5.74, 6) is 1.46. The van der Waals surface area contributed by atoms with Gasteiger partial charge in [0.15, 0.2) is 0 Å². The largest absolute Gasteiger partial charge is 0.338 e. The van der Waals surface area contributed by atoms with Crippen LogP contribution < -0.4 is 5.32 Å². The molecule has 0 saturated carbocycles. The fraction of sp³-hybridized carbons (Fsp3) is 0.304. The molecule has 1 aliphatic heterocycles. The Morgan fingerprint density at radius 1 is 1.16 bits per heavy atom.